The minimum Gasteiger partial charge on any atom is -0.465 e. The molecule has 0 saturated heterocycles. The largest absolute Gasteiger partial charge is 0.465 e. The topological polar surface area (TPSA) is 26.3 Å². The minimum atomic E-state index is -0.212. The summed E-state index contributed by atoms with van der Waals surface area (Å²) in [6, 6.07) is 0. The fraction of sp³-hybridized carbons (Fsp3) is 0.909. The molecule has 0 N–H and O–H groups in total. The van der Waals surface area contributed by atoms with Gasteiger partial charge in [0, 0.05) is 0 Å². The number of rotatable bonds is 8. The van der Waals surface area contributed by atoms with Gasteiger partial charge in [-0.05, 0) is 12.3 Å². The molecular formula is C11H22O2S. The summed E-state index contributed by atoms with van der Waals surface area (Å²) in [7, 11) is 0. The smallest absolute Gasteiger partial charge is 0.315 e. The van der Waals surface area contributed by atoms with E-state index in [0.717, 1.165) is 18.8 Å². The lowest BCUT2D eigenvalue weighted by molar-refractivity contribution is -0.140. The van der Waals surface area contributed by atoms with Crippen molar-refractivity contribution < 1.29 is 9.53 Å². The molecule has 2 nitrogen and oxygen atoms in total. The van der Waals surface area contributed by atoms with Crippen LogP contribution in [0.15, 0.2) is 0 Å². The van der Waals surface area contributed by atoms with Gasteiger partial charge < -0.3 is 4.74 Å². The van der Waals surface area contributed by atoms with E-state index < -0.39 is 0 Å². The Labute approximate surface area is 92.8 Å². The van der Waals surface area contributed by atoms with Crippen molar-refractivity contribution in [3.63, 3.8) is 0 Å². The second kappa shape index (κ2) is 9.38. The van der Waals surface area contributed by atoms with Gasteiger partial charge in [0.25, 0.3) is 0 Å². The van der Waals surface area contributed by atoms with Crippen molar-refractivity contribution in [2.45, 2.75) is 46.0 Å². The second-order valence-corrected chi connectivity index (χ2v) is 4.29. The Balaban J connectivity index is 3.03. The molecule has 0 aromatic heterocycles. The van der Waals surface area contributed by atoms with Gasteiger partial charge in [-0.25, -0.2) is 0 Å². The lowest BCUT2D eigenvalue weighted by Crippen LogP contribution is -2.06. The third-order valence-electron chi connectivity index (χ3n) is 2.07. The Morgan fingerprint density at radius 2 is 1.86 bits per heavy atom. The zero-order valence-corrected chi connectivity index (χ0v) is 10.2. The molecule has 0 aromatic carbocycles. The fourth-order valence-electron chi connectivity index (χ4n) is 1.24. The Morgan fingerprint density at radius 1 is 1.21 bits per heavy atom. The van der Waals surface area contributed by atoms with Crippen LogP contribution in [0.2, 0.25) is 0 Å². The molecule has 0 aliphatic heterocycles. The number of hydrogen-bond acceptors (Lipinski definition) is 3. The van der Waals surface area contributed by atoms with Crippen molar-refractivity contribution in [3.8, 4) is 0 Å². The summed E-state index contributed by atoms with van der Waals surface area (Å²) in [6.07, 6.45) is 5.98. The van der Waals surface area contributed by atoms with Crippen LogP contribution in [-0.4, -0.2) is 18.3 Å². The summed E-state index contributed by atoms with van der Waals surface area (Å²) in [4.78, 5) is 10.7. The van der Waals surface area contributed by atoms with Crippen LogP contribution < -0.4 is 0 Å². The van der Waals surface area contributed by atoms with E-state index in [4.69, 9.17) is 4.74 Å². The molecular weight excluding hydrogens is 196 g/mol. The third-order valence-corrected chi connectivity index (χ3v) is 2.33. The van der Waals surface area contributed by atoms with Crippen LogP contribution in [0.5, 0.6) is 0 Å². The van der Waals surface area contributed by atoms with Crippen LogP contribution >= 0.6 is 12.6 Å². The first-order valence-corrected chi connectivity index (χ1v) is 6.06. The van der Waals surface area contributed by atoms with Gasteiger partial charge in [0.2, 0.25) is 0 Å². The molecule has 0 spiro atoms. The van der Waals surface area contributed by atoms with E-state index in [-0.39, 0.29) is 11.7 Å². The highest BCUT2D eigenvalue weighted by atomic mass is 32.1. The monoisotopic (exact) mass is 218 g/mol. The van der Waals surface area contributed by atoms with Crippen LogP contribution in [0, 0.1) is 5.92 Å². The highest BCUT2D eigenvalue weighted by molar-refractivity contribution is 7.81. The summed E-state index contributed by atoms with van der Waals surface area (Å²) < 4.78 is 4.90. The number of hydrogen-bond donors (Lipinski definition) is 1. The van der Waals surface area contributed by atoms with Crippen molar-refractivity contribution in [1.82, 2.24) is 0 Å². The van der Waals surface area contributed by atoms with Gasteiger partial charge in [0.1, 0.15) is 0 Å². The van der Waals surface area contributed by atoms with Gasteiger partial charge in [-0.15, -0.1) is 0 Å². The molecule has 3 heteroatoms. The van der Waals surface area contributed by atoms with Crippen LogP contribution in [0.25, 0.3) is 0 Å². The van der Waals surface area contributed by atoms with Crippen LogP contribution in [-0.2, 0) is 9.53 Å². The molecule has 0 heterocycles. The van der Waals surface area contributed by atoms with E-state index in [1.54, 1.807) is 0 Å². The molecule has 0 aromatic rings. The van der Waals surface area contributed by atoms with Crippen LogP contribution in [0.4, 0.5) is 0 Å². The van der Waals surface area contributed by atoms with Gasteiger partial charge in [0.05, 0.1) is 12.4 Å². The molecule has 0 amide bonds. The molecule has 0 saturated carbocycles. The summed E-state index contributed by atoms with van der Waals surface area (Å²) in [5.41, 5.74) is 0. The molecule has 0 bridgehead atoms. The molecule has 0 rings (SSSR count). The maximum atomic E-state index is 10.7. The maximum absolute atomic E-state index is 10.7. The van der Waals surface area contributed by atoms with E-state index in [1.807, 2.05) is 0 Å². The molecule has 84 valence electrons. The minimum absolute atomic E-state index is 0.188. The maximum Gasteiger partial charge on any atom is 0.315 e. The van der Waals surface area contributed by atoms with Crippen molar-refractivity contribution in [1.29, 1.82) is 0 Å². The molecule has 0 aliphatic carbocycles. The number of carbonyl (C=O) groups is 1. The Hall–Kier alpha value is -0.180. The number of carbonyl (C=O) groups excluding carboxylic acids is 1. The highest BCUT2D eigenvalue weighted by Gasteiger charge is 1.98. The number of unbranched alkanes of at least 4 members (excludes halogenated alkanes) is 3. The van der Waals surface area contributed by atoms with E-state index in [0.29, 0.717) is 6.61 Å². The average molecular weight is 218 g/mol. The standard InChI is InChI=1S/C11H22O2S/c1-10(2)7-5-3-4-6-8-13-11(12)9-14/h10,14H,3-9H2,1-2H3. The lowest BCUT2D eigenvalue weighted by atomic mass is 10.0. The van der Waals surface area contributed by atoms with Gasteiger partial charge in [-0.1, -0.05) is 39.5 Å². The van der Waals surface area contributed by atoms with Crippen LogP contribution in [0.1, 0.15) is 46.0 Å². The summed E-state index contributed by atoms with van der Waals surface area (Å²) >= 11 is 3.82. The molecule has 0 aliphatic rings. The van der Waals surface area contributed by atoms with Gasteiger partial charge >= 0.3 is 5.97 Å². The van der Waals surface area contributed by atoms with Crippen molar-refractivity contribution in [2.75, 3.05) is 12.4 Å². The molecule has 0 unspecified atom stereocenters. The predicted molar refractivity (Wildman–Crippen MR) is 62.7 cm³/mol. The average Bonchev–Trinajstić information content (AvgIpc) is 2.15. The van der Waals surface area contributed by atoms with E-state index in [1.165, 1.54) is 19.3 Å². The second-order valence-electron chi connectivity index (χ2n) is 3.98. The predicted octanol–water partition coefficient (Wildman–Crippen LogP) is 3.07. The lowest BCUT2D eigenvalue weighted by Gasteiger charge is -2.04. The Bertz CT molecular complexity index is 146. The van der Waals surface area contributed by atoms with Gasteiger partial charge in [-0.3, -0.25) is 4.79 Å². The fourth-order valence-corrected chi connectivity index (χ4v) is 1.33. The van der Waals surface area contributed by atoms with E-state index in [9.17, 15) is 4.79 Å². The van der Waals surface area contributed by atoms with Crippen molar-refractivity contribution in [3.05, 3.63) is 0 Å². The summed E-state index contributed by atoms with van der Waals surface area (Å²) in [5, 5.41) is 0. The number of thiol groups is 1. The molecule has 14 heavy (non-hydrogen) atoms. The molecule has 0 atom stereocenters. The van der Waals surface area contributed by atoms with Crippen molar-refractivity contribution in [2.24, 2.45) is 5.92 Å². The first kappa shape index (κ1) is 13.8. The van der Waals surface area contributed by atoms with Crippen LogP contribution in [0.3, 0.4) is 0 Å². The number of esters is 1. The summed E-state index contributed by atoms with van der Waals surface area (Å²) in [5.74, 6) is 0.778. The van der Waals surface area contributed by atoms with Crippen molar-refractivity contribution >= 4 is 18.6 Å². The quantitative estimate of drug-likeness (QED) is 0.385. The SMILES string of the molecule is CC(C)CCCCCCOC(=O)CS. The third kappa shape index (κ3) is 9.90. The van der Waals surface area contributed by atoms with Gasteiger partial charge in [-0.2, -0.15) is 12.6 Å². The normalized spacial score (nSPS) is 10.6. The number of ether oxygens (including phenoxy) is 1. The zero-order valence-electron chi connectivity index (χ0n) is 9.29. The molecule has 0 radical (unpaired) electrons. The summed E-state index contributed by atoms with van der Waals surface area (Å²) in [6.45, 7) is 5.05. The van der Waals surface area contributed by atoms with E-state index in [2.05, 4.69) is 26.5 Å². The highest BCUT2D eigenvalue weighted by Crippen LogP contribution is 2.09. The first-order chi connectivity index (χ1) is 6.66. The van der Waals surface area contributed by atoms with E-state index >= 15 is 0 Å². The molecule has 0 fully saturated rings. The zero-order chi connectivity index (χ0) is 10.8. The Kier molecular flexibility index (Phi) is 9.26. The Morgan fingerprint density at radius 3 is 2.43 bits per heavy atom. The first-order valence-electron chi connectivity index (χ1n) is 5.43. The van der Waals surface area contributed by atoms with Gasteiger partial charge in [0.15, 0.2) is 0 Å².